The van der Waals surface area contributed by atoms with E-state index in [1.807, 2.05) is 4.90 Å². The summed E-state index contributed by atoms with van der Waals surface area (Å²) in [6, 6.07) is 5.87. The van der Waals surface area contributed by atoms with Gasteiger partial charge in [-0.25, -0.2) is 0 Å². The van der Waals surface area contributed by atoms with Gasteiger partial charge in [-0.3, -0.25) is 9.69 Å². The van der Waals surface area contributed by atoms with Crippen LogP contribution >= 0.6 is 0 Å². The standard InChI is InChI=1S/C17H25N3O3/c1-22-15-5-4-13(11-16(15)23-10-6-18)17(21)20-9-8-19-7-2-3-14(19)12-20/h4-5,11,14H,2-3,6-10,12,18H2,1H3/t14-/m1/s1. The maximum atomic E-state index is 12.8. The summed E-state index contributed by atoms with van der Waals surface area (Å²) >= 11 is 0. The Morgan fingerprint density at radius 1 is 1.30 bits per heavy atom. The molecule has 0 bridgehead atoms. The third kappa shape index (κ3) is 3.43. The lowest BCUT2D eigenvalue weighted by Crippen LogP contribution is -2.52. The molecule has 2 saturated heterocycles. The Kier molecular flexibility index (Phi) is 5.03. The molecule has 0 aromatic heterocycles. The second-order valence-corrected chi connectivity index (χ2v) is 6.09. The topological polar surface area (TPSA) is 68.0 Å². The normalized spacial score (nSPS) is 21.1. The molecular weight excluding hydrogens is 294 g/mol. The van der Waals surface area contributed by atoms with E-state index in [4.69, 9.17) is 15.2 Å². The minimum absolute atomic E-state index is 0.0665. The first-order chi connectivity index (χ1) is 11.2. The third-order valence-corrected chi connectivity index (χ3v) is 4.66. The van der Waals surface area contributed by atoms with E-state index in [0.717, 1.165) is 19.6 Å². The average Bonchev–Trinajstić information content (AvgIpc) is 3.06. The van der Waals surface area contributed by atoms with Crippen LogP contribution in [-0.2, 0) is 0 Å². The van der Waals surface area contributed by atoms with Crippen molar-refractivity contribution in [2.45, 2.75) is 18.9 Å². The first kappa shape index (κ1) is 16.1. The lowest BCUT2D eigenvalue weighted by atomic mass is 10.1. The number of benzene rings is 1. The van der Waals surface area contributed by atoms with Crippen LogP contribution in [0.4, 0.5) is 0 Å². The molecule has 2 N–H and O–H groups in total. The van der Waals surface area contributed by atoms with Crippen LogP contribution < -0.4 is 15.2 Å². The van der Waals surface area contributed by atoms with Gasteiger partial charge in [0, 0.05) is 37.8 Å². The summed E-state index contributed by atoms with van der Waals surface area (Å²) in [6.07, 6.45) is 2.43. The summed E-state index contributed by atoms with van der Waals surface area (Å²) in [4.78, 5) is 17.3. The van der Waals surface area contributed by atoms with Crippen LogP contribution in [0.15, 0.2) is 18.2 Å². The van der Waals surface area contributed by atoms with E-state index in [-0.39, 0.29) is 5.91 Å². The van der Waals surface area contributed by atoms with E-state index < -0.39 is 0 Å². The molecule has 0 spiro atoms. The van der Waals surface area contributed by atoms with Crippen LogP contribution in [-0.4, -0.2) is 68.2 Å². The summed E-state index contributed by atoms with van der Waals surface area (Å²) in [5.41, 5.74) is 6.13. The van der Waals surface area contributed by atoms with Gasteiger partial charge >= 0.3 is 0 Å². The van der Waals surface area contributed by atoms with Crippen LogP contribution in [0.5, 0.6) is 11.5 Å². The number of nitrogens with two attached hydrogens (primary N) is 1. The maximum absolute atomic E-state index is 12.8. The number of carbonyl (C=O) groups excluding carboxylic acids is 1. The second-order valence-electron chi connectivity index (χ2n) is 6.09. The molecule has 1 aromatic carbocycles. The van der Waals surface area contributed by atoms with Gasteiger partial charge in [-0.05, 0) is 37.6 Å². The molecule has 1 amide bonds. The molecule has 2 heterocycles. The predicted molar refractivity (Wildman–Crippen MR) is 88.0 cm³/mol. The first-order valence-electron chi connectivity index (χ1n) is 8.27. The fourth-order valence-electron chi connectivity index (χ4n) is 3.45. The number of ether oxygens (including phenoxy) is 2. The number of rotatable bonds is 5. The Morgan fingerprint density at radius 2 is 2.17 bits per heavy atom. The Bertz CT molecular complexity index is 564. The molecule has 0 saturated carbocycles. The molecule has 3 rings (SSSR count). The summed E-state index contributed by atoms with van der Waals surface area (Å²) in [5.74, 6) is 1.26. The highest BCUT2D eigenvalue weighted by atomic mass is 16.5. The molecule has 2 fully saturated rings. The molecule has 0 radical (unpaired) electrons. The summed E-state index contributed by atoms with van der Waals surface area (Å²) in [7, 11) is 1.59. The van der Waals surface area contributed by atoms with Crippen LogP contribution in [0.3, 0.4) is 0 Å². The van der Waals surface area contributed by atoms with E-state index in [1.165, 1.54) is 19.4 Å². The molecule has 0 unspecified atom stereocenters. The molecule has 0 aliphatic carbocycles. The lowest BCUT2D eigenvalue weighted by Gasteiger charge is -2.37. The molecule has 2 aliphatic heterocycles. The monoisotopic (exact) mass is 319 g/mol. The zero-order valence-corrected chi connectivity index (χ0v) is 13.7. The van der Waals surface area contributed by atoms with Crippen molar-refractivity contribution in [3.63, 3.8) is 0 Å². The highest BCUT2D eigenvalue weighted by Crippen LogP contribution is 2.29. The van der Waals surface area contributed by atoms with Gasteiger partial charge in [-0.2, -0.15) is 0 Å². The number of methoxy groups -OCH3 is 1. The zero-order valence-electron chi connectivity index (χ0n) is 13.7. The number of fused-ring (bicyclic) bond motifs is 1. The highest BCUT2D eigenvalue weighted by Gasteiger charge is 2.32. The van der Waals surface area contributed by atoms with Crippen molar-refractivity contribution in [2.24, 2.45) is 5.73 Å². The van der Waals surface area contributed by atoms with Crippen molar-refractivity contribution in [3.8, 4) is 11.5 Å². The SMILES string of the molecule is COc1ccc(C(=O)N2CCN3CCC[C@@H]3C2)cc1OCCN. The van der Waals surface area contributed by atoms with Gasteiger partial charge in [0.15, 0.2) is 11.5 Å². The predicted octanol–water partition coefficient (Wildman–Crippen LogP) is 0.953. The summed E-state index contributed by atoms with van der Waals surface area (Å²) in [6.45, 7) is 4.58. The van der Waals surface area contributed by atoms with Gasteiger partial charge in [0.25, 0.3) is 5.91 Å². The fourth-order valence-corrected chi connectivity index (χ4v) is 3.45. The molecular formula is C17H25N3O3. The second kappa shape index (κ2) is 7.19. The van der Waals surface area contributed by atoms with E-state index in [0.29, 0.717) is 36.3 Å². The number of piperazine rings is 1. The minimum Gasteiger partial charge on any atom is -0.493 e. The van der Waals surface area contributed by atoms with Crippen molar-refractivity contribution < 1.29 is 14.3 Å². The number of amides is 1. The summed E-state index contributed by atoms with van der Waals surface area (Å²) < 4.78 is 10.9. The Labute approximate surface area is 137 Å². The van der Waals surface area contributed by atoms with Crippen LogP contribution in [0, 0.1) is 0 Å². The largest absolute Gasteiger partial charge is 0.493 e. The Balaban J connectivity index is 1.73. The number of hydrogen-bond donors (Lipinski definition) is 1. The Morgan fingerprint density at radius 3 is 2.96 bits per heavy atom. The number of nitrogens with zero attached hydrogens (tertiary/aromatic N) is 2. The molecule has 1 aromatic rings. The lowest BCUT2D eigenvalue weighted by molar-refractivity contribution is 0.0571. The van der Waals surface area contributed by atoms with E-state index >= 15 is 0 Å². The van der Waals surface area contributed by atoms with Crippen LogP contribution in [0.1, 0.15) is 23.2 Å². The van der Waals surface area contributed by atoms with Crippen molar-refractivity contribution in [1.82, 2.24) is 9.80 Å². The Hall–Kier alpha value is -1.79. The molecule has 6 heteroatoms. The summed E-state index contributed by atoms with van der Waals surface area (Å²) in [5, 5.41) is 0. The zero-order chi connectivity index (χ0) is 16.2. The van der Waals surface area contributed by atoms with Crippen LogP contribution in [0.2, 0.25) is 0 Å². The van der Waals surface area contributed by atoms with E-state index in [1.54, 1.807) is 25.3 Å². The van der Waals surface area contributed by atoms with Gasteiger partial charge in [0.05, 0.1) is 7.11 Å². The molecule has 23 heavy (non-hydrogen) atoms. The van der Waals surface area contributed by atoms with Crippen molar-refractivity contribution in [2.75, 3.05) is 46.4 Å². The molecule has 2 aliphatic rings. The number of carbonyl (C=O) groups is 1. The van der Waals surface area contributed by atoms with Crippen molar-refractivity contribution >= 4 is 5.91 Å². The van der Waals surface area contributed by atoms with Gasteiger partial charge in [0.1, 0.15) is 6.61 Å². The van der Waals surface area contributed by atoms with Gasteiger partial charge in [0.2, 0.25) is 0 Å². The average molecular weight is 319 g/mol. The molecule has 1 atom stereocenters. The van der Waals surface area contributed by atoms with E-state index in [2.05, 4.69) is 4.90 Å². The molecule has 6 nitrogen and oxygen atoms in total. The van der Waals surface area contributed by atoms with Crippen LogP contribution in [0.25, 0.3) is 0 Å². The minimum atomic E-state index is 0.0665. The highest BCUT2D eigenvalue weighted by molar-refractivity contribution is 5.95. The fraction of sp³-hybridized carbons (Fsp3) is 0.588. The smallest absolute Gasteiger partial charge is 0.254 e. The van der Waals surface area contributed by atoms with Gasteiger partial charge < -0.3 is 20.1 Å². The molecule has 126 valence electrons. The first-order valence-corrected chi connectivity index (χ1v) is 8.27. The van der Waals surface area contributed by atoms with E-state index in [9.17, 15) is 4.79 Å². The van der Waals surface area contributed by atoms with Gasteiger partial charge in [-0.15, -0.1) is 0 Å². The maximum Gasteiger partial charge on any atom is 0.254 e. The number of hydrogen-bond acceptors (Lipinski definition) is 5. The third-order valence-electron chi connectivity index (χ3n) is 4.66. The van der Waals surface area contributed by atoms with Crippen molar-refractivity contribution in [3.05, 3.63) is 23.8 Å². The van der Waals surface area contributed by atoms with Gasteiger partial charge in [-0.1, -0.05) is 0 Å². The quantitative estimate of drug-likeness (QED) is 0.875. The van der Waals surface area contributed by atoms with Crippen molar-refractivity contribution in [1.29, 1.82) is 0 Å².